The molecule has 2 rings (SSSR count). The standard InChI is InChI=1S/C16H17ClS/c1-16(2,13-6-4-3-5-7-13)12-18-15-10-8-14(17)9-11-15/h3-11H,12H2,1-2H3. The Morgan fingerprint density at radius 2 is 1.56 bits per heavy atom. The van der Waals surface area contributed by atoms with Gasteiger partial charge in [0.1, 0.15) is 0 Å². The van der Waals surface area contributed by atoms with Gasteiger partial charge in [0, 0.05) is 15.7 Å². The zero-order valence-electron chi connectivity index (χ0n) is 10.7. The second-order valence-electron chi connectivity index (χ2n) is 4.99. The first kappa shape index (κ1) is 13.5. The van der Waals surface area contributed by atoms with Crippen LogP contribution in [0, 0.1) is 0 Å². The van der Waals surface area contributed by atoms with Crippen LogP contribution in [-0.4, -0.2) is 5.75 Å². The monoisotopic (exact) mass is 276 g/mol. The summed E-state index contributed by atoms with van der Waals surface area (Å²) in [6.07, 6.45) is 0. The molecule has 0 saturated heterocycles. The Labute approximate surface area is 118 Å². The lowest BCUT2D eigenvalue weighted by Crippen LogP contribution is -2.20. The molecule has 0 N–H and O–H groups in total. The molecule has 94 valence electrons. The molecular formula is C16H17ClS. The third-order valence-electron chi connectivity index (χ3n) is 2.97. The number of hydrogen-bond donors (Lipinski definition) is 0. The Hall–Kier alpha value is -0.920. The van der Waals surface area contributed by atoms with E-state index in [2.05, 4.69) is 56.3 Å². The number of benzene rings is 2. The highest BCUT2D eigenvalue weighted by Gasteiger charge is 2.20. The quantitative estimate of drug-likeness (QED) is 0.673. The fourth-order valence-corrected chi connectivity index (χ4v) is 2.92. The fraction of sp³-hybridized carbons (Fsp3) is 0.250. The smallest absolute Gasteiger partial charge is 0.0406 e. The second kappa shape index (κ2) is 5.81. The van der Waals surface area contributed by atoms with E-state index in [1.165, 1.54) is 10.5 Å². The summed E-state index contributed by atoms with van der Waals surface area (Å²) in [5.41, 5.74) is 1.55. The molecule has 0 fully saturated rings. The van der Waals surface area contributed by atoms with Gasteiger partial charge in [-0.3, -0.25) is 0 Å². The minimum atomic E-state index is 0.172. The van der Waals surface area contributed by atoms with Crippen molar-refractivity contribution in [1.29, 1.82) is 0 Å². The van der Waals surface area contributed by atoms with Crippen molar-refractivity contribution in [3.8, 4) is 0 Å². The van der Waals surface area contributed by atoms with Gasteiger partial charge in [-0.15, -0.1) is 11.8 Å². The molecule has 0 radical (unpaired) electrons. The average molecular weight is 277 g/mol. The predicted octanol–water partition coefficient (Wildman–Crippen LogP) is 5.41. The van der Waals surface area contributed by atoms with Crippen LogP contribution in [0.3, 0.4) is 0 Å². The van der Waals surface area contributed by atoms with Crippen molar-refractivity contribution in [2.75, 3.05) is 5.75 Å². The van der Waals surface area contributed by atoms with E-state index >= 15 is 0 Å². The third-order valence-corrected chi connectivity index (χ3v) is 4.69. The van der Waals surface area contributed by atoms with Gasteiger partial charge in [-0.1, -0.05) is 55.8 Å². The van der Waals surface area contributed by atoms with Crippen molar-refractivity contribution in [1.82, 2.24) is 0 Å². The van der Waals surface area contributed by atoms with Crippen LogP contribution in [0.4, 0.5) is 0 Å². The van der Waals surface area contributed by atoms with Crippen LogP contribution in [0.2, 0.25) is 5.02 Å². The summed E-state index contributed by atoms with van der Waals surface area (Å²) in [7, 11) is 0. The van der Waals surface area contributed by atoms with Gasteiger partial charge in [-0.2, -0.15) is 0 Å². The first-order valence-electron chi connectivity index (χ1n) is 6.02. The lowest BCUT2D eigenvalue weighted by atomic mass is 9.87. The Balaban J connectivity index is 2.03. The molecule has 2 heteroatoms. The molecule has 0 aliphatic carbocycles. The van der Waals surface area contributed by atoms with Crippen LogP contribution in [0.5, 0.6) is 0 Å². The first-order chi connectivity index (χ1) is 8.58. The first-order valence-corrected chi connectivity index (χ1v) is 7.38. The average Bonchev–Trinajstić information content (AvgIpc) is 2.39. The Bertz CT molecular complexity index is 488. The van der Waals surface area contributed by atoms with Gasteiger partial charge in [0.25, 0.3) is 0 Å². The summed E-state index contributed by atoms with van der Waals surface area (Å²) >= 11 is 7.76. The number of rotatable bonds is 4. The SMILES string of the molecule is CC(C)(CSc1ccc(Cl)cc1)c1ccccc1. The van der Waals surface area contributed by atoms with E-state index in [0.717, 1.165) is 10.8 Å². The molecule has 0 amide bonds. The molecule has 0 aliphatic rings. The molecular weight excluding hydrogens is 260 g/mol. The third kappa shape index (κ3) is 3.54. The zero-order chi connectivity index (χ0) is 13.0. The maximum atomic E-state index is 5.89. The largest absolute Gasteiger partial charge is 0.125 e. The van der Waals surface area contributed by atoms with Crippen LogP contribution in [-0.2, 0) is 5.41 Å². The number of thioether (sulfide) groups is 1. The Kier molecular flexibility index (Phi) is 4.36. The van der Waals surface area contributed by atoms with Crippen molar-refractivity contribution in [3.63, 3.8) is 0 Å². The van der Waals surface area contributed by atoms with Crippen LogP contribution in [0.1, 0.15) is 19.4 Å². The van der Waals surface area contributed by atoms with Crippen LogP contribution >= 0.6 is 23.4 Å². The van der Waals surface area contributed by atoms with Gasteiger partial charge in [0.2, 0.25) is 0 Å². The van der Waals surface area contributed by atoms with Crippen molar-refractivity contribution >= 4 is 23.4 Å². The zero-order valence-corrected chi connectivity index (χ0v) is 12.3. The predicted molar refractivity (Wildman–Crippen MR) is 81.6 cm³/mol. The van der Waals surface area contributed by atoms with Crippen molar-refractivity contribution in [3.05, 3.63) is 65.2 Å². The maximum absolute atomic E-state index is 5.89. The van der Waals surface area contributed by atoms with E-state index in [1.54, 1.807) is 0 Å². The molecule has 0 atom stereocenters. The van der Waals surface area contributed by atoms with E-state index in [9.17, 15) is 0 Å². The van der Waals surface area contributed by atoms with Crippen molar-refractivity contribution < 1.29 is 0 Å². The van der Waals surface area contributed by atoms with Crippen LogP contribution in [0.25, 0.3) is 0 Å². The number of hydrogen-bond acceptors (Lipinski definition) is 1. The van der Waals surface area contributed by atoms with Crippen molar-refractivity contribution in [2.24, 2.45) is 0 Å². The lowest BCUT2D eigenvalue weighted by molar-refractivity contribution is 0.602. The highest BCUT2D eigenvalue weighted by atomic mass is 35.5. The summed E-state index contributed by atoms with van der Waals surface area (Å²) in [6, 6.07) is 18.7. The molecule has 0 saturated carbocycles. The highest BCUT2D eigenvalue weighted by Crippen LogP contribution is 2.31. The Morgan fingerprint density at radius 1 is 0.944 bits per heavy atom. The molecule has 0 aliphatic heterocycles. The van der Waals surface area contributed by atoms with Gasteiger partial charge >= 0.3 is 0 Å². The summed E-state index contributed by atoms with van der Waals surface area (Å²) in [6.45, 7) is 4.57. The molecule has 0 bridgehead atoms. The van der Waals surface area contributed by atoms with Gasteiger partial charge in [0.15, 0.2) is 0 Å². The molecule has 2 aromatic carbocycles. The van der Waals surface area contributed by atoms with Crippen molar-refractivity contribution in [2.45, 2.75) is 24.2 Å². The topological polar surface area (TPSA) is 0 Å². The number of halogens is 1. The van der Waals surface area contributed by atoms with E-state index in [4.69, 9.17) is 11.6 Å². The van der Waals surface area contributed by atoms with Gasteiger partial charge in [-0.25, -0.2) is 0 Å². The van der Waals surface area contributed by atoms with Crippen LogP contribution < -0.4 is 0 Å². The molecule has 0 nitrogen and oxygen atoms in total. The molecule has 0 unspecified atom stereocenters. The normalized spacial score (nSPS) is 11.5. The van der Waals surface area contributed by atoms with Gasteiger partial charge < -0.3 is 0 Å². The second-order valence-corrected chi connectivity index (χ2v) is 6.48. The Morgan fingerprint density at radius 3 is 2.17 bits per heavy atom. The fourth-order valence-electron chi connectivity index (χ4n) is 1.77. The van der Waals surface area contributed by atoms with E-state index < -0.39 is 0 Å². The summed E-state index contributed by atoms with van der Waals surface area (Å²) in [5.74, 6) is 1.05. The minimum Gasteiger partial charge on any atom is -0.125 e. The van der Waals surface area contributed by atoms with Gasteiger partial charge in [0.05, 0.1) is 0 Å². The molecule has 0 aromatic heterocycles. The minimum absolute atomic E-state index is 0.172. The molecule has 0 spiro atoms. The molecule has 2 aromatic rings. The summed E-state index contributed by atoms with van der Waals surface area (Å²) in [4.78, 5) is 1.27. The summed E-state index contributed by atoms with van der Waals surface area (Å²) < 4.78 is 0. The lowest BCUT2D eigenvalue weighted by Gasteiger charge is -2.24. The van der Waals surface area contributed by atoms with E-state index in [-0.39, 0.29) is 5.41 Å². The maximum Gasteiger partial charge on any atom is 0.0406 e. The van der Waals surface area contributed by atoms with Gasteiger partial charge in [-0.05, 0) is 35.2 Å². The molecule has 18 heavy (non-hydrogen) atoms. The summed E-state index contributed by atoms with van der Waals surface area (Å²) in [5, 5.41) is 0.793. The van der Waals surface area contributed by atoms with Crippen LogP contribution in [0.15, 0.2) is 59.5 Å². The highest BCUT2D eigenvalue weighted by molar-refractivity contribution is 7.99. The van der Waals surface area contributed by atoms with E-state index in [1.807, 2.05) is 23.9 Å². The van der Waals surface area contributed by atoms with E-state index in [0.29, 0.717) is 0 Å². The molecule has 0 heterocycles.